The number of imide groups is 2. The van der Waals surface area contributed by atoms with Gasteiger partial charge in [0.15, 0.2) is 12.4 Å². The van der Waals surface area contributed by atoms with Gasteiger partial charge in [-0.1, -0.05) is 24.3 Å². The van der Waals surface area contributed by atoms with E-state index in [1.165, 1.54) is 12.0 Å². The summed E-state index contributed by atoms with van der Waals surface area (Å²) in [6, 6.07) is 5.22. The third-order valence-corrected chi connectivity index (χ3v) is 10.5. The Balaban J connectivity index is 1.02. The van der Waals surface area contributed by atoms with E-state index >= 15 is 0 Å². The van der Waals surface area contributed by atoms with Crippen LogP contribution in [0.5, 0.6) is 5.75 Å². The van der Waals surface area contributed by atoms with E-state index in [1.807, 2.05) is 12.2 Å². The molecule has 1 aromatic rings. The van der Waals surface area contributed by atoms with Gasteiger partial charge in [0.05, 0.1) is 30.8 Å². The van der Waals surface area contributed by atoms with Crippen LogP contribution in [0.3, 0.4) is 0 Å². The van der Waals surface area contributed by atoms with Crippen molar-refractivity contribution in [3.05, 3.63) is 54.1 Å². The van der Waals surface area contributed by atoms with Gasteiger partial charge < -0.3 is 9.47 Å². The highest BCUT2D eigenvalue weighted by atomic mass is 16.5. The number of carbonyl (C=O) groups excluding carboxylic acids is 6. The van der Waals surface area contributed by atoms with Gasteiger partial charge in [0, 0.05) is 12.1 Å². The van der Waals surface area contributed by atoms with Crippen molar-refractivity contribution in [2.45, 2.75) is 38.1 Å². The third kappa shape index (κ3) is 4.36. The van der Waals surface area contributed by atoms with Crippen molar-refractivity contribution >= 4 is 35.4 Å². The standard InChI is InChI=1S/C33H34N2O8/c1-42-22-11-9-17(10-12-22)24(36)16-43-33(41)23(35-31(39)27-20-7-8-21(15-20)28(27)32(35)40)4-2-3-13-34-29(37)25-18-5-6-19(14-18)26(25)30(34)38/h5-12,18-21,23,25-28H,2-4,13-16H2,1H3/t18-,19-,20-,21-,23-,25+,26+,27-,28+/m0/s1. The molecule has 10 nitrogen and oxygen atoms in total. The zero-order chi connectivity index (χ0) is 30.0. The number of amides is 4. The number of nitrogens with zero attached hydrogens (tertiary/aromatic N) is 2. The van der Waals surface area contributed by atoms with Gasteiger partial charge in [0.2, 0.25) is 23.6 Å². The number of carbonyl (C=O) groups is 6. The highest BCUT2D eigenvalue weighted by Crippen LogP contribution is 2.54. The molecule has 4 bridgehead atoms. The molecule has 0 N–H and O–H groups in total. The number of benzene rings is 1. The smallest absolute Gasteiger partial charge is 0.329 e. The summed E-state index contributed by atoms with van der Waals surface area (Å²) in [5.41, 5.74) is 0.337. The van der Waals surface area contributed by atoms with Gasteiger partial charge in [-0.2, -0.15) is 0 Å². The Morgan fingerprint density at radius 1 is 0.767 bits per heavy atom. The van der Waals surface area contributed by atoms with Crippen LogP contribution in [-0.4, -0.2) is 71.5 Å². The number of unbranched alkanes of at least 4 members (excludes halogenated alkanes) is 1. The zero-order valence-corrected chi connectivity index (χ0v) is 23.9. The van der Waals surface area contributed by atoms with E-state index in [2.05, 4.69) is 12.2 Å². The van der Waals surface area contributed by atoms with E-state index in [0.29, 0.717) is 24.2 Å². The Labute approximate surface area is 249 Å². The second kappa shape index (κ2) is 10.6. The molecule has 9 atom stereocenters. The van der Waals surface area contributed by atoms with Crippen LogP contribution in [-0.2, 0) is 28.7 Å². The lowest BCUT2D eigenvalue weighted by atomic mass is 9.85. The molecule has 7 rings (SSSR count). The minimum Gasteiger partial charge on any atom is -0.497 e. The van der Waals surface area contributed by atoms with E-state index in [9.17, 15) is 28.8 Å². The van der Waals surface area contributed by atoms with Crippen molar-refractivity contribution in [2.75, 3.05) is 20.3 Å². The Morgan fingerprint density at radius 2 is 1.28 bits per heavy atom. The Morgan fingerprint density at radius 3 is 1.79 bits per heavy atom. The summed E-state index contributed by atoms with van der Waals surface area (Å²) in [5, 5.41) is 0. The molecule has 0 aromatic heterocycles. The number of esters is 1. The van der Waals surface area contributed by atoms with Crippen LogP contribution in [0.15, 0.2) is 48.6 Å². The first kappa shape index (κ1) is 27.7. The fourth-order valence-electron chi connectivity index (χ4n) is 8.47. The summed E-state index contributed by atoms with van der Waals surface area (Å²) in [7, 11) is 1.52. The van der Waals surface area contributed by atoms with Crippen LogP contribution in [0.1, 0.15) is 42.5 Å². The molecule has 4 aliphatic carbocycles. The maximum atomic E-state index is 13.5. The minimum absolute atomic E-state index is 0.0128. The van der Waals surface area contributed by atoms with Crippen LogP contribution in [0.25, 0.3) is 0 Å². The largest absolute Gasteiger partial charge is 0.497 e. The Hall–Kier alpha value is -4.08. The number of Topliss-reactive ketones (excluding diaryl/α,β-unsaturated/α-hetero) is 1. The van der Waals surface area contributed by atoms with Gasteiger partial charge in [-0.05, 0) is 80.0 Å². The molecule has 2 saturated carbocycles. The maximum Gasteiger partial charge on any atom is 0.329 e. The first-order valence-corrected chi connectivity index (χ1v) is 15.2. The molecule has 2 saturated heterocycles. The Kier molecular flexibility index (Phi) is 6.82. The quantitative estimate of drug-likeness (QED) is 0.127. The second-order valence-electron chi connectivity index (χ2n) is 12.6. The molecular weight excluding hydrogens is 552 g/mol. The molecule has 2 heterocycles. The highest BCUT2D eigenvalue weighted by Gasteiger charge is 2.61. The van der Waals surface area contributed by atoms with E-state index < -0.39 is 36.2 Å². The number of hydrogen-bond acceptors (Lipinski definition) is 8. The van der Waals surface area contributed by atoms with Gasteiger partial charge in [-0.15, -0.1) is 0 Å². The molecule has 0 unspecified atom stereocenters. The molecule has 10 heteroatoms. The molecule has 43 heavy (non-hydrogen) atoms. The summed E-state index contributed by atoms with van der Waals surface area (Å²) >= 11 is 0. The second-order valence-corrected chi connectivity index (χ2v) is 12.6. The summed E-state index contributed by atoms with van der Waals surface area (Å²) < 4.78 is 10.5. The number of allylic oxidation sites excluding steroid dienone is 4. The summed E-state index contributed by atoms with van der Waals surface area (Å²) in [6.07, 6.45) is 10.6. The van der Waals surface area contributed by atoms with Crippen molar-refractivity contribution in [2.24, 2.45) is 47.3 Å². The predicted molar refractivity (Wildman–Crippen MR) is 150 cm³/mol. The van der Waals surface area contributed by atoms with E-state index in [0.717, 1.165) is 17.7 Å². The van der Waals surface area contributed by atoms with E-state index in [4.69, 9.17) is 9.47 Å². The number of rotatable bonds is 11. The maximum absolute atomic E-state index is 13.5. The van der Waals surface area contributed by atoms with Crippen LogP contribution in [0.4, 0.5) is 0 Å². The van der Waals surface area contributed by atoms with Crippen LogP contribution in [0.2, 0.25) is 0 Å². The van der Waals surface area contributed by atoms with Gasteiger partial charge in [0.25, 0.3) is 0 Å². The number of likely N-dealkylation sites (tertiary alicyclic amines) is 2. The van der Waals surface area contributed by atoms with Crippen molar-refractivity contribution in [1.29, 1.82) is 0 Å². The Bertz CT molecular complexity index is 1400. The molecule has 0 radical (unpaired) electrons. The van der Waals surface area contributed by atoms with Crippen molar-refractivity contribution in [1.82, 2.24) is 9.80 Å². The predicted octanol–water partition coefficient (Wildman–Crippen LogP) is 2.57. The number of ketones is 1. The lowest BCUT2D eigenvalue weighted by Crippen LogP contribution is -2.47. The third-order valence-electron chi connectivity index (χ3n) is 10.5. The first-order valence-electron chi connectivity index (χ1n) is 15.2. The van der Waals surface area contributed by atoms with Crippen molar-refractivity contribution in [3.8, 4) is 5.75 Å². The van der Waals surface area contributed by atoms with E-state index in [1.54, 1.807) is 24.3 Å². The number of ether oxygens (including phenoxy) is 2. The normalized spacial score (nSPS) is 33.5. The molecule has 4 amide bonds. The van der Waals surface area contributed by atoms with E-state index in [-0.39, 0.29) is 72.1 Å². The fourth-order valence-corrected chi connectivity index (χ4v) is 8.47. The SMILES string of the molecule is COc1ccc(C(=O)COC(=O)[C@H](CCCCN2C(=O)[C@H]3[C@H](C2=O)[C@H]2C=C[C@H]3C2)N2C(=O)[C@@H]3[C@H](C2=O)[C@H]2C=C[C@H]3C2)cc1. The zero-order valence-electron chi connectivity index (χ0n) is 23.9. The number of hydrogen-bond donors (Lipinski definition) is 0. The number of fused-ring (bicyclic) bond motifs is 10. The molecule has 4 fully saturated rings. The first-order chi connectivity index (χ1) is 20.8. The van der Waals surface area contributed by atoms with Gasteiger partial charge in [-0.25, -0.2) is 4.79 Å². The summed E-state index contributed by atoms with van der Waals surface area (Å²) in [4.78, 5) is 81.8. The average Bonchev–Trinajstić information content (AvgIpc) is 3.87. The van der Waals surface area contributed by atoms with Crippen LogP contribution in [0, 0.1) is 47.3 Å². The molecule has 224 valence electrons. The minimum atomic E-state index is -1.18. The molecule has 0 spiro atoms. The molecule has 2 aliphatic heterocycles. The van der Waals surface area contributed by atoms with Gasteiger partial charge >= 0.3 is 5.97 Å². The van der Waals surface area contributed by atoms with Crippen LogP contribution < -0.4 is 4.74 Å². The highest BCUT2D eigenvalue weighted by molar-refractivity contribution is 6.09. The molecular formula is C33H34N2O8. The topological polar surface area (TPSA) is 127 Å². The fraction of sp³-hybridized carbons (Fsp3) is 0.515. The van der Waals surface area contributed by atoms with Crippen molar-refractivity contribution < 1.29 is 38.2 Å². The molecule has 6 aliphatic rings. The monoisotopic (exact) mass is 586 g/mol. The lowest BCUT2D eigenvalue weighted by molar-refractivity contribution is -0.159. The molecule has 1 aromatic carbocycles. The summed E-state index contributed by atoms with van der Waals surface area (Å²) in [5.74, 6) is -2.87. The van der Waals surface area contributed by atoms with Crippen LogP contribution >= 0.6 is 0 Å². The van der Waals surface area contributed by atoms with Gasteiger partial charge in [-0.3, -0.25) is 33.8 Å². The average molecular weight is 587 g/mol. The van der Waals surface area contributed by atoms with Crippen molar-refractivity contribution in [3.63, 3.8) is 0 Å². The summed E-state index contributed by atoms with van der Waals surface area (Å²) in [6.45, 7) is -0.309. The lowest BCUT2D eigenvalue weighted by Gasteiger charge is -2.26. The van der Waals surface area contributed by atoms with Gasteiger partial charge in [0.1, 0.15) is 11.8 Å². The number of methoxy groups -OCH3 is 1.